The van der Waals surface area contributed by atoms with Crippen LogP contribution in [0.25, 0.3) is 0 Å². The van der Waals surface area contributed by atoms with E-state index in [-0.39, 0.29) is 25.0 Å². The van der Waals surface area contributed by atoms with Gasteiger partial charge in [-0.1, -0.05) is 0 Å². The van der Waals surface area contributed by atoms with Gasteiger partial charge in [-0.15, -0.1) is 0 Å². The Morgan fingerprint density at radius 3 is 2.40 bits per heavy atom. The van der Waals surface area contributed by atoms with Gasteiger partial charge in [0.2, 0.25) is 0 Å². The number of ether oxygens (including phenoxy) is 1. The fraction of sp³-hybridized carbons (Fsp3) is 0.800. The minimum absolute atomic E-state index is 0.0497. The van der Waals surface area contributed by atoms with E-state index in [1.54, 1.807) is 0 Å². The van der Waals surface area contributed by atoms with E-state index in [2.05, 4.69) is 0 Å². The van der Waals surface area contributed by atoms with Crippen LogP contribution in [0.4, 0.5) is 0 Å². The van der Waals surface area contributed by atoms with Gasteiger partial charge in [0.1, 0.15) is 0 Å². The Bertz CT molecular complexity index is 238. The predicted molar refractivity (Wildman–Crippen MR) is 51.6 cm³/mol. The molecule has 0 spiro atoms. The second-order valence-corrected chi connectivity index (χ2v) is 3.84. The zero-order valence-electron chi connectivity index (χ0n) is 8.52. The first-order chi connectivity index (χ1) is 7.08. The third-order valence-electron chi connectivity index (χ3n) is 2.51. The molecule has 0 saturated carbocycles. The van der Waals surface area contributed by atoms with Gasteiger partial charge in [0.15, 0.2) is 0 Å². The van der Waals surface area contributed by atoms with Crippen molar-refractivity contribution in [2.24, 2.45) is 0 Å². The Morgan fingerprint density at radius 1 is 1.13 bits per heavy atom. The highest BCUT2D eigenvalue weighted by atomic mass is 16.5. The molecule has 0 aromatic rings. The monoisotopic (exact) mass is 216 g/mol. The Hall–Kier alpha value is -1.10. The SMILES string of the molecule is O=C(O)CCC[C@@H]1CC[C@@H](CC(=O)O)O1. The average molecular weight is 216 g/mol. The van der Waals surface area contributed by atoms with Gasteiger partial charge in [-0.05, 0) is 25.7 Å². The summed E-state index contributed by atoms with van der Waals surface area (Å²) in [7, 11) is 0. The van der Waals surface area contributed by atoms with Crippen molar-refractivity contribution in [3.8, 4) is 0 Å². The van der Waals surface area contributed by atoms with Crippen molar-refractivity contribution >= 4 is 11.9 Å². The summed E-state index contributed by atoms with van der Waals surface area (Å²) in [6, 6.07) is 0. The van der Waals surface area contributed by atoms with Crippen molar-refractivity contribution in [2.45, 2.75) is 50.7 Å². The van der Waals surface area contributed by atoms with E-state index in [1.165, 1.54) is 0 Å². The normalized spacial score (nSPS) is 25.3. The average Bonchev–Trinajstić information content (AvgIpc) is 2.50. The lowest BCUT2D eigenvalue weighted by molar-refractivity contribution is -0.140. The van der Waals surface area contributed by atoms with Gasteiger partial charge in [-0.3, -0.25) is 9.59 Å². The molecule has 2 atom stereocenters. The third-order valence-corrected chi connectivity index (χ3v) is 2.51. The van der Waals surface area contributed by atoms with Gasteiger partial charge in [0, 0.05) is 6.42 Å². The summed E-state index contributed by atoms with van der Waals surface area (Å²) < 4.78 is 5.48. The summed E-state index contributed by atoms with van der Waals surface area (Å²) in [4.78, 5) is 20.7. The van der Waals surface area contributed by atoms with E-state index in [9.17, 15) is 9.59 Å². The number of hydrogen-bond acceptors (Lipinski definition) is 3. The molecule has 1 saturated heterocycles. The van der Waals surface area contributed by atoms with Crippen LogP contribution in [0.15, 0.2) is 0 Å². The summed E-state index contributed by atoms with van der Waals surface area (Å²) in [5.41, 5.74) is 0. The van der Waals surface area contributed by atoms with Gasteiger partial charge in [0.25, 0.3) is 0 Å². The molecular formula is C10H16O5. The molecule has 1 heterocycles. The van der Waals surface area contributed by atoms with Crippen LogP contribution in [0, 0.1) is 0 Å². The maximum Gasteiger partial charge on any atom is 0.305 e. The largest absolute Gasteiger partial charge is 0.481 e. The number of aliphatic carboxylic acids is 2. The van der Waals surface area contributed by atoms with Crippen LogP contribution in [-0.4, -0.2) is 34.4 Å². The number of carbonyl (C=O) groups is 2. The molecule has 1 fully saturated rings. The first-order valence-electron chi connectivity index (χ1n) is 5.17. The molecular weight excluding hydrogens is 200 g/mol. The van der Waals surface area contributed by atoms with E-state index in [4.69, 9.17) is 14.9 Å². The van der Waals surface area contributed by atoms with Crippen LogP contribution in [0.1, 0.15) is 38.5 Å². The number of carboxylic acid groups (broad SMARTS) is 2. The van der Waals surface area contributed by atoms with Crippen LogP contribution in [0.2, 0.25) is 0 Å². The first kappa shape index (κ1) is 12.0. The smallest absolute Gasteiger partial charge is 0.305 e. The maximum absolute atomic E-state index is 10.4. The van der Waals surface area contributed by atoms with Crippen molar-refractivity contribution in [2.75, 3.05) is 0 Å². The molecule has 0 radical (unpaired) electrons. The Balaban J connectivity index is 2.13. The Kier molecular flexibility index (Phi) is 4.55. The maximum atomic E-state index is 10.4. The van der Waals surface area contributed by atoms with Crippen LogP contribution >= 0.6 is 0 Å². The van der Waals surface area contributed by atoms with Crippen molar-refractivity contribution < 1.29 is 24.5 Å². The molecule has 1 aliphatic heterocycles. The predicted octanol–water partition coefficient (Wildman–Crippen LogP) is 1.26. The summed E-state index contributed by atoms with van der Waals surface area (Å²) in [6.45, 7) is 0. The van der Waals surface area contributed by atoms with Crippen molar-refractivity contribution in [3.63, 3.8) is 0 Å². The standard InChI is InChI=1S/C10H16O5/c11-9(12)3-1-2-7-4-5-8(15-7)6-10(13)14/h7-8H,1-6H2,(H,11,12)(H,13,14)/t7-,8+/m1/s1. The van der Waals surface area contributed by atoms with Gasteiger partial charge in [-0.25, -0.2) is 0 Å². The second-order valence-electron chi connectivity index (χ2n) is 3.84. The van der Waals surface area contributed by atoms with Crippen LogP contribution in [-0.2, 0) is 14.3 Å². The highest BCUT2D eigenvalue weighted by Gasteiger charge is 2.26. The lowest BCUT2D eigenvalue weighted by Crippen LogP contribution is -2.15. The number of hydrogen-bond donors (Lipinski definition) is 2. The zero-order chi connectivity index (χ0) is 11.3. The minimum Gasteiger partial charge on any atom is -0.481 e. The highest BCUT2D eigenvalue weighted by molar-refractivity contribution is 5.67. The van der Waals surface area contributed by atoms with Crippen LogP contribution in [0.3, 0.4) is 0 Å². The van der Waals surface area contributed by atoms with Gasteiger partial charge < -0.3 is 14.9 Å². The second kappa shape index (κ2) is 5.70. The summed E-state index contributed by atoms with van der Waals surface area (Å²) >= 11 is 0. The molecule has 5 nitrogen and oxygen atoms in total. The molecule has 0 aliphatic carbocycles. The van der Waals surface area contributed by atoms with Crippen molar-refractivity contribution in [1.29, 1.82) is 0 Å². The van der Waals surface area contributed by atoms with E-state index in [1.807, 2.05) is 0 Å². The third kappa shape index (κ3) is 4.78. The van der Waals surface area contributed by atoms with E-state index >= 15 is 0 Å². The fourth-order valence-corrected chi connectivity index (χ4v) is 1.82. The molecule has 2 N–H and O–H groups in total. The van der Waals surface area contributed by atoms with Gasteiger partial charge in [-0.2, -0.15) is 0 Å². The van der Waals surface area contributed by atoms with Gasteiger partial charge >= 0.3 is 11.9 Å². The molecule has 1 aliphatic rings. The molecule has 0 aromatic carbocycles. The molecule has 5 heteroatoms. The molecule has 86 valence electrons. The number of carboxylic acids is 2. The first-order valence-corrected chi connectivity index (χ1v) is 5.17. The molecule has 0 aromatic heterocycles. The molecule has 15 heavy (non-hydrogen) atoms. The molecule has 1 rings (SSSR count). The highest BCUT2D eigenvalue weighted by Crippen LogP contribution is 2.25. The van der Waals surface area contributed by atoms with E-state index in [0.717, 1.165) is 12.8 Å². The zero-order valence-corrected chi connectivity index (χ0v) is 8.52. The van der Waals surface area contributed by atoms with Crippen molar-refractivity contribution in [3.05, 3.63) is 0 Å². The molecule has 0 unspecified atom stereocenters. The van der Waals surface area contributed by atoms with Gasteiger partial charge in [0.05, 0.1) is 18.6 Å². The van der Waals surface area contributed by atoms with E-state index < -0.39 is 11.9 Å². The fourth-order valence-electron chi connectivity index (χ4n) is 1.82. The van der Waals surface area contributed by atoms with Crippen molar-refractivity contribution in [1.82, 2.24) is 0 Å². The lowest BCUT2D eigenvalue weighted by Gasteiger charge is -2.11. The number of rotatable bonds is 6. The minimum atomic E-state index is -0.841. The Morgan fingerprint density at radius 2 is 1.80 bits per heavy atom. The molecule has 0 amide bonds. The summed E-state index contributed by atoms with van der Waals surface area (Å²) in [6.07, 6.45) is 2.99. The van der Waals surface area contributed by atoms with Crippen LogP contribution in [0.5, 0.6) is 0 Å². The summed E-state index contributed by atoms with van der Waals surface area (Å²) in [5, 5.41) is 17.0. The lowest BCUT2D eigenvalue weighted by atomic mass is 10.1. The van der Waals surface area contributed by atoms with E-state index in [0.29, 0.717) is 12.8 Å². The molecule has 0 bridgehead atoms. The Labute approximate surface area is 88.0 Å². The topological polar surface area (TPSA) is 83.8 Å². The van der Waals surface area contributed by atoms with Crippen LogP contribution < -0.4 is 0 Å². The summed E-state index contributed by atoms with van der Waals surface area (Å²) in [5.74, 6) is -1.64. The quantitative estimate of drug-likeness (QED) is 0.698.